The second-order valence-electron chi connectivity index (χ2n) is 7.04. The van der Waals surface area contributed by atoms with Gasteiger partial charge in [-0.3, -0.25) is 10.1 Å². The molecule has 0 aromatic heterocycles. The quantitative estimate of drug-likeness (QED) is 0.376. The summed E-state index contributed by atoms with van der Waals surface area (Å²) in [5.74, 6) is 0.588. The maximum absolute atomic E-state index is 11.6. The molecule has 0 unspecified atom stereocenters. The molecule has 0 radical (unpaired) electrons. The molecule has 3 aromatic rings. The molecule has 3 atom stereocenters. The Balaban J connectivity index is 1.71. The van der Waals surface area contributed by atoms with Crippen LogP contribution in [0.2, 0.25) is 0 Å². The summed E-state index contributed by atoms with van der Waals surface area (Å²) in [6, 6.07) is 20.1. The van der Waals surface area contributed by atoms with Crippen LogP contribution in [0.15, 0.2) is 72.8 Å². The first-order valence-electron chi connectivity index (χ1n) is 8.92. The molecule has 4 heteroatoms. The van der Waals surface area contributed by atoms with Crippen molar-refractivity contribution in [3.05, 3.63) is 94.1 Å². The third-order valence-corrected chi connectivity index (χ3v) is 5.73. The molecule has 0 amide bonds. The standard InChI is InChI=1S/C22H18N2O2/c25-24(26)20-13-5-12-19-16-9-4-11-18(16)21(23-22(19)20)17-10-3-7-14-6-1-2-8-15(14)17/h1-10,12-13,16,18,21,23H,11H2/t16-,18-,21-/m0/s1. The van der Waals surface area contributed by atoms with Crippen molar-refractivity contribution >= 4 is 22.1 Å². The zero-order valence-electron chi connectivity index (χ0n) is 14.1. The van der Waals surface area contributed by atoms with E-state index in [1.165, 1.54) is 16.3 Å². The third kappa shape index (κ3) is 2.15. The number of para-hydroxylation sites is 1. The van der Waals surface area contributed by atoms with E-state index in [1.54, 1.807) is 12.1 Å². The van der Waals surface area contributed by atoms with Gasteiger partial charge < -0.3 is 5.32 Å². The number of benzene rings is 3. The number of fused-ring (bicyclic) bond motifs is 4. The molecule has 26 heavy (non-hydrogen) atoms. The van der Waals surface area contributed by atoms with Gasteiger partial charge in [-0.05, 0) is 34.2 Å². The molecular weight excluding hydrogens is 324 g/mol. The van der Waals surface area contributed by atoms with Gasteiger partial charge in [0.2, 0.25) is 0 Å². The van der Waals surface area contributed by atoms with Crippen molar-refractivity contribution in [1.29, 1.82) is 0 Å². The summed E-state index contributed by atoms with van der Waals surface area (Å²) in [5, 5.41) is 17.5. The van der Waals surface area contributed by atoms with E-state index < -0.39 is 0 Å². The first-order chi connectivity index (χ1) is 12.7. The predicted molar refractivity (Wildman–Crippen MR) is 103 cm³/mol. The highest BCUT2D eigenvalue weighted by Crippen LogP contribution is 2.52. The first-order valence-corrected chi connectivity index (χ1v) is 8.92. The lowest BCUT2D eigenvalue weighted by molar-refractivity contribution is -0.384. The topological polar surface area (TPSA) is 55.2 Å². The van der Waals surface area contributed by atoms with Gasteiger partial charge in [-0.15, -0.1) is 0 Å². The van der Waals surface area contributed by atoms with E-state index in [9.17, 15) is 10.1 Å². The monoisotopic (exact) mass is 342 g/mol. The minimum atomic E-state index is -0.287. The second-order valence-corrected chi connectivity index (χ2v) is 7.04. The molecule has 1 aliphatic heterocycles. The normalized spacial score (nSPS) is 23.3. The molecular formula is C22H18N2O2. The summed E-state index contributed by atoms with van der Waals surface area (Å²) in [4.78, 5) is 11.3. The molecule has 1 heterocycles. The molecule has 4 nitrogen and oxygen atoms in total. The van der Waals surface area contributed by atoms with Crippen LogP contribution in [0.3, 0.4) is 0 Å². The van der Waals surface area contributed by atoms with Crippen LogP contribution in [0.5, 0.6) is 0 Å². The van der Waals surface area contributed by atoms with E-state index in [1.807, 2.05) is 12.1 Å². The van der Waals surface area contributed by atoms with Gasteiger partial charge >= 0.3 is 0 Å². The van der Waals surface area contributed by atoms with Gasteiger partial charge in [0, 0.05) is 12.0 Å². The molecule has 0 bridgehead atoms. The van der Waals surface area contributed by atoms with Crippen molar-refractivity contribution in [3.8, 4) is 0 Å². The van der Waals surface area contributed by atoms with Crippen molar-refractivity contribution < 1.29 is 4.92 Å². The lowest BCUT2D eigenvalue weighted by Gasteiger charge is -2.37. The Hall–Kier alpha value is -3.14. The number of rotatable bonds is 2. The van der Waals surface area contributed by atoms with E-state index in [4.69, 9.17) is 0 Å². The van der Waals surface area contributed by atoms with Crippen LogP contribution < -0.4 is 5.32 Å². The first kappa shape index (κ1) is 15.1. The Labute approximate surface area is 151 Å². The second kappa shape index (κ2) is 5.70. The largest absolute Gasteiger partial charge is 0.372 e. The Morgan fingerprint density at radius 2 is 1.73 bits per heavy atom. The smallest absolute Gasteiger partial charge is 0.292 e. The Bertz CT molecular complexity index is 1050. The van der Waals surface area contributed by atoms with Crippen LogP contribution in [0.4, 0.5) is 11.4 Å². The van der Waals surface area contributed by atoms with Crippen LogP contribution in [0, 0.1) is 16.0 Å². The number of allylic oxidation sites excluding steroid dienone is 2. The van der Waals surface area contributed by atoms with Gasteiger partial charge in [0.05, 0.1) is 11.0 Å². The Morgan fingerprint density at radius 3 is 2.62 bits per heavy atom. The van der Waals surface area contributed by atoms with Crippen LogP contribution in [0.25, 0.3) is 10.8 Å². The van der Waals surface area contributed by atoms with Gasteiger partial charge in [-0.2, -0.15) is 0 Å². The van der Waals surface area contributed by atoms with E-state index >= 15 is 0 Å². The molecule has 128 valence electrons. The average molecular weight is 342 g/mol. The Morgan fingerprint density at radius 1 is 0.962 bits per heavy atom. The summed E-state index contributed by atoms with van der Waals surface area (Å²) < 4.78 is 0. The highest BCUT2D eigenvalue weighted by Gasteiger charge is 2.40. The van der Waals surface area contributed by atoms with Gasteiger partial charge in [-0.25, -0.2) is 0 Å². The highest BCUT2D eigenvalue weighted by molar-refractivity contribution is 5.87. The predicted octanol–water partition coefficient (Wildman–Crippen LogP) is 5.57. The van der Waals surface area contributed by atoms with E-state index in [0.717, 1.165) is 12.0 Å². The summed E-state index contributed by atoms with van der Waals surface area (Å²) in [5.41, 5.74) is 3.08. The van der Waals surface area contributed by atoms with Crippen LogP contribution in [-0.2, 0) is 0 Å². The minimum absolute atomic E-state index is 0.0506. The molecule has 0 fully saturated rings. The van der Waals surface area contributed by atoms with Crippen molar-refractivity contribution in [2.24, 2.45) is 5.92 Å². The fourth-order valence-electron chi connectivity index (χ4n) is 4.59. The van der Waals surface area contributed by atoms with E-state index in [-0.39, 0.29) is 22.6 Å². The molecule has 1 N–H and O–H groups in total. The fraction of sp³-hybridized carbons (Fsp3) is 0.182. The molecule has 0 saturated carbocycles. The van der Waals surface area contributed by atoms with E-state index in [0.29, 0.717) is 11.6 Å². The zero-order valence-corrected chi connectivity index (χ0v) is 14.1. The molecule has 0 saturated heterocycles. The summed E-state index contributed by atoms with van der Waals surface area (Å²) in [6.07, 6.45) is 5.41. The van der Waals surface area contributed by atoms with Crippen molar-refractivity contribution in [2.45, 2.75) is 18.4 Å². The SMILES string of the molecule is O=[N+]([O-])c1cccc2c1N[C@@H](c1cccc3ccccc13)[C@H]1CC=C[C@H]21. The molecule has 0 spiro atoms. The fourth-order valence-corrected chi connectivity index (χ4v) is 4.59. The maximum Gasteiger partial charge on any atom is 0.292 e. The van der Waals surface area contributed by atoms with Gasteiger partial charge in [0.25, 0.3) is 5.69 Å². The number of anilines is 1. The molecule has 3 aromatic carbocycles. The third-order valence-electron chi connectivity index (χ3n) is 5.73. The number of nitro groups is 1. The van der Waals surface area contributed by atoms with Gasteiger partial charge in [0.15, 0.2) is 0 Å². The summed E-state index contributed by atoms with van der Waals surface area (Å²) in [7, 11) is 0. The van der Waals surface area contributed by atoms with Crippen molar-refractivity contribution in [1.82, 2.24) is 0 Å². The zero-order chi connectivity index (χ0) is 17.7. The highest BCUT2D eigenvalue weighted by atomic mass is 16.6. The van der Waals surface area contributed by atoms with Gasteiger partial charge in [0.1, 0.15) is 5.69 Å². The van der Waals surface area contributed by atoms with Crippen LogP contribution in [-0.4, -0.2) is 4.92 Å². The summed E-state index contributed by atoms with van der Waals surface area (Å²) >= 11 is 0. The van der Waals surface area contributed by atoms with Crippen molar-refractivity contribution in [2.75, 3.05) is 5.32 Å². The number of nitrogens with one attached hydrogen (secondary N) is 1. The van der Waals surface area contributed by atoms with Crippen LogP contribution in [0.1, 0.15) is 29.5 Å². The number of nitro benzene ring substituents is 1. The van der Waals surface area contributed by atoms with Gasteiger partial charge in [-0.1, -0.05) is 66.7 Å². The maximum atomic E-state index is 11.6. The average Bonchev–Trinajstić information content (AvgIpc) is 3.16. The van der Waals surface area contributed by atoms with Crippen molar-refractivity contribution in [3.63, 3.8) is 0 Å². The van der Waals surface area contributed by atoms with Crippen LogP contribution >= 0.6 is 0 Å². The van der Waals surface area contributed by atoms with E-state index in [2.05, 4.69) is 53.9 Å². The molecule has 2 aliphatic rings. The number of hydrogen-bond donors (Lipinski definition) is 1. The molecule has 1 aliphatic carbocycles. The number of nitrogens with zero attached hydrogens (tertiary/aromatic N) is 1. The Kier molecular flexibility index (Phi) is 3.32. The summed E-state index contributed by atoms with van der Waals surface area (Å²) in [6.45, 7) is 0. The molecule has 5 rings (SSSR count). The minimum Gasteiger partial charge on any atom is -0.372 e. The number of hydrogen-bond acceptors (Lipinski definition) is 3. The lowest BCUT2D eigenvalue weighted by Crippen LogP contribution is -2.29. The lowest BCUT2D eigenvalue weighted by atomic mass is 9.76.